The largest absolute Gasteiger partial charge is 0.354 e. The van der Waals surface area contributed by atoms with Crippen molar-refractivity contribution in [3.05, 3.63) is 21.9 Å². The summed E-state index contributed by atoms with van der Waals surface area (Å²) < 4.78 is 10.2. The molecule has 1 unspecified atom stereocenters. The molecule has 4 heteroatoms. The Balaban J connectivity index is 2.77. The maximum Gasteiger partial charge on any atom is 0.176 e. The molecule has 2 N–H and O–H groups in total. The average molecular weight is 201 g/mol. The van der Waals surface area contributed by atoms with Gasteiger partial charge in [0.2, 0.25) is 0 Å². The van der Waals surface area contributed by atoms with Gasteiger partial charge in [0, 0.05) is 19.1 Å². The van der Waals surface area contributed by atoms with Crippen LogP contribution >= 0.6 is 11.3 Å². The van der Waals surface area contributed by atoms with E-state index >= 15 is 0 Å². The van der Waals surface area contributed by atoms with Gasteiger partial charge in [-0.25, -0.2) is 0 Å². The quantitative estimate of drug-likeness (QED) is 0.754. The highest BCUT2D eigenvalue weighted by atomic mass is 32.1. The lowest BCUT2D eigenvalue weighted by atomic mass is 10.1. The van der Waals surface area contributed by atoms with Crippen molar-refractivity contribution in [3.63, 3.8) is 0 Å². The van der Waals surface area contributed by atoms with Crippen LogP contribution in [-0.2, 0) is 9.47 Å². The summed E-state index contributed by atoms with van der Waals surface area (Å²) in [6.07, 6.45) is -0.367. The van der Waals surface area contributed by atoms with E-state index in [1.807, 2.05) is 18.4 Å². The fourth-order valence-electron chi connectivity index (χ4n) is 1.28. The maximum absolute atomic E-state index is 5.96. The van der Waals surface area contributed by atoms with Crippen LogP contribution in [0.4, 0.5) is 0 Å². The summed E-state index contributed by atoms with van der Waals surface area (Å²) in [6, 6.07) is 1.80. The third kappa shape index (κ3) is 2.28. The first kappa shape index (κ1) is 10.7. The summed E-state index contributed by atoms with van der Waals surface area (Å²) >= 11 is 1.68. The highest BCUT2D eigenvalue weighted by molar-refractivity contribution is 7.10. The molecular formula is C9H15NO2S. The van der Waals surface area contributed by atoms with Crippen LogP contribution in [-0.4, -0.2) is 20.5 Å². The van der Waals surface area contributed by atoms with E-state index in [0.717, 1.165) is 5.56 Å². The molecule has 3 nitrogen and oxygen atoms in total. The van der Waals surface area contributed by atoms with Crippen molar-refractivity contribution in [1.29, 1.82) is 0 Å². The Morgan fingerprint density at radius 2 is 2.00 bits per heavy atom. The Labute approximate surface area is 82.5 Å². The van der Waals surface area contributed by atoms with Crippen LogP contribution in [0, 0.1) is 6.92 Å². The smallest absolute Gasteiger partial charge is 0.176 e. The lowest BCUT2D eigenvalue weighted by Crippen LogP contribution is -2.29. The van der Waals surface area contributed by atoms with Crippen LogP contribution in [0.25, 0.3) is 0 Å². The van der Waals surface area contributed by atoms with Crippen molar-refractivity contribution in [2.45, 2.75) is 19.3 Å². The van der Waals surface area contributed by atoms with E-state index in [-0.39, 0.29) is 12.3 Å². The van der Waals surface area contributed by atoms with E-state index < -0.39 is 0 Å². The van der Waals surface area contributed by atoms with Crippen molar-refractivity contribution in [3.8, 4) is 0 Å². The Hall–Kier alpha value is -0.420. The third-order valence-electron chi connectivity index (χ3n) is 2.02. The van der Waals surface area contributed by atoms with Crippen molar-refractivity contribution in [1.82, 2.24) is 0 Å². The number of ether oxygens (including phenoxy) is 2. The number of nitrogens with two attached hydrogens (primary N) is 1. The molecule has 74 valence electrons. The van der Waals surface area contributed by atoms with Crippen molar-refractivity contribution in [2.24, 2.45) is 5.73 Å². The maximum atomic E-state index is 5.96. The van der Waals surface area contributed by atoms with Crippen molar-refractivity contribution in [2.75, 3.05) is 14.2 Å². The minimum atomic E-state index is -0.367. The number of thiophene rings is 1. The van der Waals surface area contributed by atoms with Gasteiger partial charge in [0.05, 0.1) is 6.04 Å². The molecule has 0 aliphatic rings. The van der Waals surface area contributed by atoms with Gasteiger partial charge in [-0.15, -0.1) is 11.3 Å². The zero-order valence-corrected chi connectivity index (χ0v) is 8.93. The molecule has 13 heavy (non-hydrogen) atoms. The van der Waals surface area contributed by atoms with Gasteiger partial charge in [0.1, 0.15) is 0 Å². The predicted molar refractivity (Wildman–Crippen MR) is 53.8 cm³/mol. The van der Waals surface area contributed by atoms with Gasteiger partial charge in [-0.2, -0.15) is 0 Å². The van der Waals surface area contributed by atoms with E-state index in [1.165, 1.54) is 4.88 Å². The normalized spacial score (nSPS) is 13.6. The second-order valence-electron chi connectivity index (χ2n) is 2.80. The molecular weight excluding hydrogens is 186 g/mol. The first-order valence-electron chi connectivity index (χ1n) is 4.06. The molecule has 0 saturated carbocycles. The highest BCUT2D eigenvalue weighted by Crippen LogP contribution is 2.24. The molecule has 0 spiro atoms. The molecule has 0 amide bonds. The van der Waals surface area contributed by atoms with Gasteiger partial charge < -0.3 is 15.2 Å². The van der Waals surface area contributed by atoms with Crippen LogP contribution in [0.1, 0.15) is 16.5 Å². The number of methoxy groups -OCH3 is 2. The van der Waals surface area contributed by atoms with E-state index in [4.69, 9.17) is 15.2 Å². The van der Waals surface area contributed by atoms with Gasteiger partial charge in [-0.3, -0.25) is 0 Å². The summed E-state index contributed by atoms with van der Waals surface area (Å²) in [6.45, 7) is 2.04. The van der Waals surface area contributed by atoms with Crippen LogP contribution in [0.2, 0.25) is 0 Å². The average Bonchev–Trinajstić information content (AvgIpc) is 2.53. The third-order valence-corrected chi connectivity index (χ3v) is 2.88. The van der Waals surface area contributed by atoms with Crippen LogP contribution in [0.3, 0.4) is 0 Å². The van der Waals surface area contributed by atoms with E-state index in [1.54, 1.807) is 25.6 Å². The van der Waals surface area contributed by atoms with E-state index in [2.05, 4.69) is 0 Å². The van der Waals surface area contributed by atoms with Crippen molar-refractivity contribution >= 4 is 11.3 Å². The van der Waals surface area contributed by atoms with Gasteiger partial charge >= 0.3 is 0 Å². The number of aryl methyl sites for hydroxylation is 1. The van der Waals surface area contributed by atoms with Gasteiger partial charge in [-0.1, -0.05) is 0 Å². The topological polar surface area (TPSA) is 44.5 Å². The zero-order chi connectivity index (χ0) is 9.84. The molecule has 1 heterocycles. The van der Waals surface area contributed by atoms with E-state index in [0.29, 0.717) is 0 Å². The standard InChI is InChI=1S/C9H15NO2S/c1-6-7(4-5-13-6)8(10)9(11-2)12-3/h4-5,8-9H,10H2,1-3H3. The summed E-state index contributed by atoms with van der Waals surface area (Å²) in [4.78, 5) is 1.21. The second kappa shape index (κ2) is 4.72. The first-order chi connectivity index (χ1) is 6.20. The molecule has 1 atom stereocenters. The molecule has 0 fully saturated rings. The minimum absolute atomic E-state index is 0.207. The zero-order valence-electron chi connectivity index (χ0n) is 8.11. The number of hydrogen-bond donors (Lipinski definition) is 1. The molecule has 1 rings (SSSR count). The fraction of sp³-hybridized carbons (Fsp3) is 0.556. The Morgan fingerprint density at radius 1 is 1.38 bits per heavy atom. The highest BCUT2D eigenvalue weighted by Gasteiger charge is 2.20. The number of rotatable bonds is 4. The SMILES string of the molecule is COC(OC)C(N)c1ccsc1C. The van der Waals surface area contributed by atoms with Gasteiger partial charge in [0.15, 0.2) is 6.29 Å². The lowest BCUT2D eigenvalue weighted by molar-refractivity contribution is -0.117. The Bertz CT molecular complexity index is 258. The molecule has 1 aromatic rings. The first-order valence-corrected chi connectivity index (χ1v) is 4.93. The predicted octanol–water partition coefficient (Wildman–Crippen LogP) is 1.68. The summed E-state index contributed by atoms with van der Waals surface area (Å²) in [5.74, 6) is 0. The van der Waals surface area contributed by atoms with E-state index in [9.17, 15) is 0 Å². The van der Waals surface area contributed by atoms with Crippen LogP contribution in [0.5, 0.6) is 0 Å². The molecule has 0 saturated heterocycles. The van der Waals surface area contributed by atoms with Gasteiger partial charge in [0.25, 0.3) is 0 Å². The van der Waals surface area contributed by atoms with Crippen LogP contribution < -0.4 is 5.73 Å². The summed E-state index contributed by atoms with van der Waals surface area (Å²) in [7, 11) is 3.19. The Morgan fingerprint density at radius 3 is 2.38 bits per heavy atom. The second-order valence-corrected chi connectivity index (χ2v) is 3.92. The Kier molecular flexibility index (Phi) is 3.87. The van der Waals surface area contributed by atoms with Gasteiger partial charge in [-0.05, 0) is 23.9 Å². The molecule has 0 aliphatic heterocycles. The van der Waals surface area contributed by atoms with Crippen molar-refractivity contribution < 1.29 is 9.47 Å². The molecule has 0 aliphatic carbocycles. The monoisotopic (exact) mass is 201 g/mol. The molecule has 1 aromatic heterocycles. The summed E-state index contributed by atoms with van der Waals surface area (Å²) in [5, 5.41) is 2.02. The lowest BCUT2D eigenvalue weighted by Gasteiger charge is -2.20. The molecule has 0 radical (unpaired) electrons. The number of hydrogen-bond acceptors (Lipinski definition) is 4. The molecule has 0 aromatic carbocycles. The summed E-state index contributed by atoms with van der Waals surface area (Å²) in [5.41, 5.74) is 7.06. The van der Waals surface area contributed by atoms with Crippen LogP contribution in [0.15, 0.2) is 11.4 Å². The fourth-order valence-corrected chi connectivity index (χ4v) is 2.04. The molecule has 0 bridgehead atoms. The minimum Gasteiger partial charge on any atom is -0.354 e.